The molecule has 0 bridgehead atoms. The number of anilines is 1. The Balaban J connectivity index is 2.30. The van der Waals surface area contributed by atoms with Crippen molar-refractivity contribution in [1.29, 1.82) is 0 Å². The maximum Gasteiger partial charge on any atom is 0.335 e. The lowest BCUT2D eigenvalue weighted by molar-refractivity contribution is -0.117. The van der Waals surface area contributed by atoms with Crippen molar-refractivity contribution in [2.45, 2.75) is 13.3 Å². The Labute approximate surface area is 106 Å². The molecule has 1 aliphatic rings. The standard InChI is InChI=1S/C14H15NO3/c1-3-10-7-13(16)15(8-10)11-4-5-12(14(17)18)9(2)6-11/h3-6,10H,1,7-8H2,2H3,(H,17,18). The van der Waals surface area contributed by atoms with Crippen molar-refractivity contribution >= 4 is 17.6 Å². The van der Waals surface area contributed by atoms with Crippen molar-refractivity contribution in [2.75, 3.05) is 11.4 Å². The van der Waals surface area contributed by atoms with Crippen LogP contribution in [0.1, 0.15) is 22.3 Å². The number of aromatic carboxylic acids is 1. The summed E-state index contributed by atoms with van der Waals surface area (Å²) in [5.41, 5.74) is 1.69. The zero-order valence-electron chi connectivity index (χ0n) is 10.2. The number of carbonyl (C=O) groups excluding carboxylic acids is 1. The van der Waals surface area contributed by atoms with E-state index in [-0.39, 0.29) is 17.4 Å². The average Bonchev–Trinajstić information content (AvgIpc) is 2.70. The molecule has 1 unspecified atom stereocenters. The lowest BCUT2D eigenvalue weighted by Gasteiger charge is -2.17. The largest absolute Gasteiger partial charge is 0.478 e. The summed E-state index contributed by atoms with van der Waals surface area (Å²) in [6.45, 7) is 6.06. The highest BCUT2D eigenvalue weighted by Crippen LogP contribution is 2.27. The zero-order valence-corrected chi connectivity index (χ0v) is 10.2. The predicted molar refractivity (Wildman–Crippen MR) is 68.8 cm³/mol. The van der Waals surface area contributed by atoms with Crippen molar-refractivity contribution < 1.29 is 14.7 Å². The summed E-state index contributed by atoms with van der Waals surface area (Å²) < 4.78 is 0. The number of rotatable bonds is 3. The number of carboxylic acids is 1. The van der Waals surface area contributed by atoms with Crippen LogP contribution >= 0.6 is 0 Å². The predicted octanol–water partition coefficient (Wildman–Crippen LogP) is 2.23. The molecule has 4 heteroatoms. The highest BCUT2D eigenvalue weighted by Gasteiger charge is 2.28. The summed E-state index contributed by atoms with van der Waals surface area (Å²) >= 11 is 0. The Morgan fingerprint density at radius 1 is 1.56 bits per heavy atom. The Morgan fingerprint density at radius 2 is 2.28 bits per heavy atom. The fraction of sp³-hybridized carbons (Fsp3) is 0.286. The second-order valence-corrected chi connectivity index (χ2v) is 4.51. The first-order valence-electron chi connectivity index (χ1n) is 5.79. The molecule has 0 spiro atoms. The summed E-state index contributed by atoms with van der Waals surface area (Å²) in [4.78, 5) is 24.4. The van der Waals surface area contributed by atoms with Crippen molar-refractivity contribution in [1.82, 2.24) is 0 Å². The van der Waals surface area contributed by atoms with Crippen molar-refractivity contribution in [2.24, 2.45) is 5.92 Å². The van der Waals surface area contributed by atoms with Crippen molar-refractivity contribution in [3.05, 3.63) is 42.0 Å². The molecule has 0 radical (unpaired) electrons. The summed E-state index contributed by atoms with van der Waals surface area (Å²) in [5, 5.41) is 8.96. The molecule has 0 aliphatic carbocycles. The van der Waals surface area contributed by atoms with Crippen LogP contribution in [0.5, 0.6) is 0 Å². The first-order chi connectivity index (χ1) is 8.52. The van der Waals surface area contributed by atoms with Crippen LogP contribution in [0.2, 0.25) is 0 Å². The number of amides is 1. The lowest BCUT2D eigenvalue weighted by Crippen LogP contribution is -2.24. The van der Waals surface area contributed by atoms with Crippen LogP contribution in [0.15, 0.2) is 30.9 Å². The molecule has 0 saturated carbocycles. The highest BCUT2D eigenvalue weighted by atomic mass is 16.4. The van der Waals surface area contributed by atoms with Gasteiger partial charge in [-0.05, 0) is 30.7 Å². The molecule has 1 aromatic carbocycles. The molecule has 1 N–H and O–H groups in total. The van der Waals surface area contributed by atoms with Gasteiger partial charge >= 0.3 is 5.97 Å². The zero-order chi connectivity index (χ0) is 13.3. The van der Waals surface area contributed by atoms with Gasteiger partial charge in [0.15, 0.2) is 0 Å². The first kappa shape index (κ1) is 12.4. The van der Waals surface area contributed by atoms with Crippen LogP contribution in [-0.4, -0.2) is 23.5 Å². The third-order valence-electron chi connectivity index (χ3n) is 3.24. The van der Waals surface area contributed by atoms with Crippen molar-refractivity contribution in [3.63, 3.8) is 0 Å². The number of aryl methyl sites for hydroxylation is 1. The normalized spacial score (nSPS) is 19.1. The lowest BCUT2D eigenvalue weighted by atomic mass is 10.1. The van der Waals surface area contributed by atoms with Gasteiger partial charge in [0.05, 0.1) is 5.56 Å². The fourth-order valence-corrected chi connectivity index (χ4v) is 2.20. The van der Waals surface area contributed by atoms with Gasteiger partial charge in [0.1, 0.15) is 0 Å². The van der Waals surface area contributed by atoms with Gasteiger partial charge in [-0.2, -0.15) is 0 Å². The Morgan fingerprint density at radius 3 is 2.78 bits per heavy atom. The molecule has 1 heterocycles. The molecule has 1 atom stereocenters. The van der Waals surface area contributed by atoms with Gasteiger partial charge in [-0.1, -0.05) is 6.08 Å². The molecule has 1 fully saturated rings. The van der Waals surface area contributed by atoms with Crippen LogP contribution in [0.3, 0.4) is 0 Å². The number of carboxylic acid groups (broad SMARTS) is 1. The summed E-state index contributed by atoms with van der Waals surface area (Å²) in [5.74, 6) is -0.713. The van der Waals surface area contributed by atoms with E-state index in [4.69, 9.17) is 5.11 Å². The molecule has 2 rings (SSSR count). The van der Waals surface area contributed by atoms with E-state index < -0.39 is 5.97 Å². The van der Waals surface area contributed by atoms with E-state index in [1.807, 2.05) is 0 Å². The monoisotopic (exact) mass is 245 g/mol. The fourth-order valence-electron chi connectivity index (χ4n) is 2.20. The van der Waals surface area contributed by atoms with Gasteiger partial charge in [-0.15, -0.1) is 6.58 Å². The van der Waals surface area contributed by atoms with E-state index in [0.717, 1.165) is 5.69 Å². The van der Waals surface area contributed by atoms with E-state index in [1.54, 1.807) is 36.1 Å². The molecule has 1 aliphatic heterocycles. The Bertz CT molecular complexity index is 522. The second kappa shape index (κ2) is 4.64. The van der Waals surface area contributed by atoms with Crippen LogP contribution in [0.4, 0.5) is 5.69 Å². The Hall–Kier alpha value is -2.10. The van der Waals surface area contributed by atoms with E-state index in [0.29, 0.717) is 18.5 Å². The molecule has 1 aromatic rings. The highest BCUT2D eigenvalue weighted by molar-refractivity contribution is 5.97. The summed E-state index contributed by atoms with van der Waals surface area (Å²) in [6.07, 6.45) is 2.26. The van der Waals surface area contributed by atoms with Crippen LogP contribution < -0.4 is 4.90 Å². The van der Waals surface area contributed by atoms with Crippen molar-refractivity contribution in [3.8, 4) is 0 Å². The Kier molecular flexibility index (Phi) is 3.19. The van der Waals surface area contributed by atoms with Gasteiger partial charge < -0.3 is 10.0 Å². The average molecular weight is 245 g/mol. The molecule has 0 aromatic heterocycles. The minimum Gasteiger partial charge on any atom is -0.478 e. The molecule has 4 nitrogen and oxygen atoms in total. The third-order valence-corrected chi connectivity index (χ3v) is 3.24. The number of nitrogens with zero attached hydrogens (tertiary/aromatic N) is 1. The van der Waals surface area contributed by atoms with Crippen LogP contribution in [-0.2, 0) is 4.79 Å². The molecular formula is C14H15NO3. The van der Waals surface area contributed by atoms with Gasteiger partial charge in [0.25, 0.3) is 0 Å². The van der Waals surface area contributed by atoms with Crippen LogP contribution in [0, 0.1) is 12.8 Å². The molecule has 1 amide bonds. The number of carbonyl (C=O) groups is 2. The van der Waals surface area contributed by atoms with Gasteiger partial charge in [0.2, 0.25) is 5.91 Å². The second-order valence-electron chi connectivity index (χ2n) is 4.51. The number of benzene rings is 1. The van der Waals surface area contributed by atoms with Gasteiger partial charge in [-0.25, -0.2) is 4.79 Å². The molecule has 1 saturated heterocycles. The van der Waals surface area contributed by atoms with E-state index in [9.17, 15) is 9.59 Å². The van der Waals surface area contributed by atoms with Gasteiger partial charge in [-0.3, -0.25) is 4.79 Å². The SMILES string of the molecule is C=CC1CC(=O)N(c2ccc(C(=O)O)c(C)c2)C1. The quantitative estimate of drug-likeness (QED) is 0.831. The molecule has 94 valence electrons. The van der Waals surface area contributed by atoms with E-state index in [2.05, 4.69) is 6.58 Å². The minimum absolute atomic E-state index is 0.0578. The maximum atomic E-state index is 11.8. The smallest absolute Gasteiger partial charge is 0.335 e. The third kappa shape index (κ3) is 2.14. The molecule has 18 heavy (non-hydrogen) atoms. The van der Waals surface area contributed by atoms with E-state index >= 15 is 0 Å². The maximum absolute atomic E-state index is 11.8. The first-order valence-corrected chi connectivity index (χ1v) is 5.79. The number of hydrogen-bond acceptors (Lipinski definition) is 2. The minimum atomic E-state index is -0.948. The molecular weight excluding hydrogens is 230 g/mol. The number of hydrogen-bond donors (Lipinski definition) is 1. The summed E-state index contributed by atoms with van der Waals surface area (Å²) in [6, 6.07) is 4.97. The topological polar surface area (TPSA) is 57.6 Å². The van der Waals surface area contributed by atoms with Gasteiger partial charge in [0, 0.05) is 24.6 Å². The van der Waals surface area contributed by atoms with E-state index in [1.165, 1.54) is 0 Å². The summed E-state index contributed by atoms with van der Waals surface area (Å²) in [7, 11) is 0. The van der Waals surface area contributed by atoms with Crippen LogP contribution in [0.25, 0.3) is 0 Å².